The molecule has 0 aliphatic heterocycles. The van der Waals surface area contributed by atoms with E-state index in [0.29, 0.717) is 6.61 Å². The van der Waals surface area contributed by atoms with E-state index < -0.39 is 12.1 Å². The number of phenolic OH excluding ortho intramolecular Hbond substituents is 1. The maximum atomic E-state index is 10.9. The molecule has 0 aromatic heterocycles. The Morgan fingerprint density at radius 3 is 2.32 bits per heavy atom. The molecule has 1 aromatic rings. The Kier molecular flexibility index (Phi) is 5.32. The zero-order valence-electron chi connectivity index (χ0n) is 11.7. The van der Waals surface area contributed by atoms with E-state index in [1.807, 2.05) is 0 Å². The van der Waals surface area contributed by atoms with Crippen molar-refractivity contribution in [2.24, 2.45) is 0 Å². The summed E-state index contributed by atoms with van der Waals surface area (Å²) in [5.41, 5.74) is 0.765. The molecule has 19 heavy (non-hydrogen) atoms. The summed E-state index contributed by atoms with van der Waals surface area (Å²) in [6, 6.07) is 6.45. The number of aromatic hydroxyl groups is 1. The second kappa shape index (κ2) is 6.54. The summed E-state index contributed by atoms with van der Waals surface area (Å²) in [7, 11) is 6.16. The Balaban J connectivity index is 2.66. The molecule has 0 spiro atoms. The molecule has 106 valence electrons. The number of benzene rings is 1. The Morgan fingerprint density at radius 2 is 1.84 bits per heavy atom. The van der Waals surface area contributed by atoms with Gasteiger partial charge in [-0.2, -0.15) is 0 Å². The molecule has 1 atom stereocenters. The highest BCUT2D eigenvalue weighted by Gasteiger charge is 2.17. The highest BCUT2D eigenvalue weighted by Crippen LogP contribution is 2.23. The van der Waals surface area contributed by atoms with Gasteiger partial charge >= 0.3 is 5.97 Å². The standard InChI is InChI=1S/C14H21NO4/c1-15(2,3)8-9-19-13(10-14(17)18)11-4-6-12(16)7-5-11/h4-7,13H,8-10H2,1-3H3,(H-,16,17,18)/p+1. The monoisotopic (exact) mass is 268 g/mol. The second-order valence-electron chi connectivity index (χ2n) is 5.56. The Hall–Kier alpha value is -1.59. The average Bonchev–Trinajstić information content (AvgIpc) is 2.26. The number of nitrogens with zero attached hydrogens (tertiary/aromatic N) is 1. The molecule has 5 nitrogen and oxygen atoms in total. The maximum Gasteiger partial charge on any atom is 0.306 e. The van der Waals surface area contributed by atoms with Crippen molar-refractivity contribution in [1.82, 2.24) is 0 Å². The number of phenols is 1. The summed E-state index contributed by atoms with van der Waals surface area (Å²) < 4.78 is 6.44. The van der Waals surface area contributed by atoms with E-state index in [2.05, 4.69) is 21.1 Å². The summed E-state index contributed by atoms with van der Waals surface area (Å²) in [5, 5.41) is 18.2. The minimum Gasteiger partial charge on any atom is -0.508 e. The third-order valence-corrected chi connectivity index (χ3v) is 2.71. The van der Waals surface area contributed by atoms with Crippen molar-refractivity contribution in [3.63, 3.8) is 0 Å². The lowest BCUT2D eigenvalue weighted by atomic mass is 10.1. The smallest absolute Gasteiger partial charge is 0.306 e. The van der Waals surface area contributed by atoms with Gasteiger partial charge in [0.2, 0.25) is 0 Å². The normalized spacial score (nSPS) is 13.2. The highest BCUT2D eigenvalue weighted by molar-refractivity contribution is 5.67. The third-order valence-electron chi connectivity index (χ3n) is 2.71. The zero-order chi connectivity index (χ0) is 14.5. The molecule has 0 saturated heterocycles. The third kappa shape index (κ3) is 6.22. The van der Waals surface area contributed by atoms with Crippen molar-refractivity contribution in [2.75, 3.05) is 34.3 Å². The fraction of sp³-hybridized carbons (Fsp3) is 0.500. The van der Waals surface area contributed by atoms with Crippen molar-refractivity contribution in [3.8, 4) is 5.75 Å². The molecule has 1 aromatic carbocycles. The minimum absolute atomic E-state index is 0.0814. The van der Waals surface area contributed by atoms with Gasteiger partial charge in [0.25, 0.3) is 0 Å². The van der Waals surface area contributed by atoms with E-state index in [9.17, 15) is 9.90 Å². The molecular formula is C14H22NO4+. The van der Waals surface area contributed by atoms with Crippen LogP contribution in [0.25, 0.3) is 0 Å². The van der Waals surface area contributed by atoms with Crippen LogP contribution in [-0.4, -0.2) is 55.0 Å². The van der Waals surface area contributed by atoms with Crippen LogP contribution in [0.2, 0.25) is 0 Å². The van der Waals surface area contributed by atoms with Gasteiger partial charge in [-0.15, -0.1) is 0 Å². The van der Waals surface area contributed by atoms with E-state index in [1.165, 1.54) is 12.1 Å². The lowest BCUT2D eigenvalue weighted by Gasteiger charge is -2.25. The Morgan fingerprint density at radius 1 is 1.26 bits per heavy atom. The first kappa shape index (κ1) is 15.5. The van der Waals surface area contributed by atoms with Crippen molar-refractivity contribution >= 4 is 5.97 Å². The molecule has 0 radical (unpaired) electrons. The van der Waals surface area contributed by atoms with Crippen LogP contribution in [0.5, 0.6) is 5.75 Å². The van der Waals surface area contributed by atoms with Gasteiger partial charge in [0, 0.05) is 0 Å². The minimum atomic E-state index is -0.900. The summed E-state index contributed by atoms with van der Waals surface area (Å²) in [4.78, 5) is 10.9. The van der Waals surface area contributed by atoms with E-state index in [0.717, 1.165) is 16.6 Å². The number of rotatable bonds is 7. The number of aliphatic carboxylic acids is 1. The fourth-order valence-corrected chi connectivity index (χ4v) is 1.59. The van der Waals surface area contributed by atoms with Gasteiger partial charge < -0.3 is 19.4 Å². The van der Waals surface area contributed by atoms with Gasteiger partial charge in [-0.05, 0) is 17.7 Å². The number of carbonyl (C=O) groups is 1. The van der Waals surface area contributed by atoms with Crippen LogP contribution in [0.4, 0.5) is 0 Å². The average molecular weight is 268 g/mol. The molecule has 2 N–H and O–H groups in total. The highest BCUT2D eigenvalue weighted by atomic mass is 16.5. The molecular weight excluding hydrogens is 246 g/mol. The Labute approximate surface area is 113 Å². The Bertz CT molecular complexity index is 408. The quantitative estimate of drug-likeness (QED) is 0.738. The molecule has 0 aliphatic carbocycles. The first-order valence-electron chi connectivity index (χ1n) is 6.21. The van der Waals surface area contributed by atoms with Gasteiger partial charge in [-0.25, -0.2) is 0 Å². The molecule has 0 bridgehead atoms. The van der Waals surface area contributed by atoms with E-state index in [4.69, 9.17) is 9.84 Å². The number of hydrogen-bond donors (Lipinski definition) is 2. The molecule has 5 heteroatoms. The zero-order valence-corrected chi connectivity index (χ0v) is 11.7. The number of carboxylic acid groups (broad SMARTS) is 1. The summed E-state index contributed by atoms with van der Waals surface area (Å²) in [6.45, 7) is 1.29. The van der Waals surface area contributed by atoms with Crippen molar-refractivity contribution in [2.45, 2.75) is 12.5 Å². The topological polar surface area (TPSA) is 66.8 Å². The number of carboxylic acids is 1. The molecule has 1 unspecified atom stereocenters. The number of ether oxygens (including phenoxy) is 1. The lowest BCUT2D eigenvalue weighted by Crippen LogP contribution is -2.37. The summed E-state index contributed by atoms with van der Waals surface area (Å²) in [6.07, 6.45) is -0.563. The van der Waals surface area contributed by atoms with Crippen LogP contribution >= 0.6 is 0 Å². The van der Waals surface area contributed by atoms with Crippen LogP contribution in [0.3, 0.4) is 0 Å². The van der Waals surface area contributed by atoms with Crippen LogP contribution in [0.1, 0.15) is 18.1 Å². The van der Waals surface area contributed by atoms with Crippen molar-refractivity contribution < 1.29 is 24.2 Å². The summed E-state index contributed by atoms with van der Waals surface area (Å²) >= 11 is 0. The van der Waals surface area contributed by atoms with Crippen LogP contribution < -0.4 is 0 Å². The summed E-state index contributed by atoms with van der Waals surface area (Å²) in [5.74, 6) is -0.743. The van der Waals surface area contributed by atoms with Gasteiger partial charge in [-0.1, -0.05) is 12.1 Å². The predicted octanol–water partition coefficient (Wildman–Crippen LogP) is 1.63. The van der Waals surface area contributed by atoms with Gasteiger partial charge in [-0.3, -0.25) is 4.79 Å². The number of likely N-dealkylation sites (N-methyl/N-ethyl adjacent to an activating group) is 1. The lowest BCUT2D eigenvalue weighted by molar-refractivity contribution is -0.870. The van der Waals surface area contributed by atoms with Crippen molar-refractivity contribution in [1.29, 1.82) is 0 Å². The van der Waals surface area contributed by atoms with E-state index in [-0.39, 0.29) is 12.2 Å². The van der Waals surface area contributed by atoms with Gasteiger partial charge in [0.15, 0.2) is 0 Å². The maximum absolute atomic E-state index is 10.9. The number of quaternary nitrogens is 1. The molecule has 0 aliphatic rings. The SMILES string of the molecule is C[N+](C)(C)CCOC(CC(=O)O)c1ccc(O)cc1. The molecule has 1 rings (SSSR count). The second-order valence-corrected chi connectivity index (χ2v) is 5.56. The largest absolute Gasteiger partial charge is 0.508 e. The van der Waals surface area contributed by atoms with Gasteiger partial charge in [0.05, 0.1) is 40.3 Å². The van der Waals surface area contributed by atoms with Crippen molar-refractivity contribution in [3.05, 3.63) is 29.8 Å². The molecule has 0 saturated carbocycles. The van der Waals surface area contributed by atoms with Gasteiger partial charge in [0.1, 0.15) is 12.3 Å². The first-order valence-corrected chi connectivity index (χ1v) is 6.21. The van der Waals surface area contributed by atoms with E-state index in [1.54, 1.807) is 12.1 Å². The molecule has 0 fully saturated rings. The van der Waals surface area contributed by atoms with E-state index >= 15 is 0 Å². The fourth-order valence-electron chi connectivity index (χ4n) is 1.59. The number of hydrogen-bond acceptors (Lipinski definition) is 3. The predicted molar refractivity (Wildman–Crippen MR) is 72.0 cm³/mol. The first-order chi connectivity index (χ1) is 8.78. The molecule has 0 heterocycles. The van der Waals surface area contributed by atoms with Crippen LogP contribution in [0, 0.1) is 0 Å². The van der Waals surface area contributed by atoms with Crippen LogP contribution in [0.15, 0.2) is 24.3 Å². The van der Waals surface area contributed by atoms with Crippen LogP contribution in [-0.2, 0) is 9.53 Å². The molecule has 0 amide bonds.